The number of ether oxygens (including phenoxy) is 1. The molecule has 0 saturated carbocycles. The number of carbonyl (C=O) groups excluding carboxylic acids is 1. The minimum Gasteiger partial charge on any atom is -0.485 e. The number of aromatic nitrogens is 2. The van der Waals surface area contributed by atoms with Gasteiger partial charge in [-0.05, 0) is 56.5 Å². The zero-order valence-corrected chi connectivity index (χ0v) is 23.2. The zero-order valence-electron chi connectivity index (χ0n) is 23.2. The number of hydrogen-bond acceptors (Lipinski definition) is 4. The third-order valence-electron chi connectivity index (χ3n) is 6.95. The Morgan fingerprint density at radius 1 is 1.10 bits per heavy atom. The smallest absolute Gasteiger partial charge is 0.407 e. The van der Waals surface area contributed by atoms with Gasteiger partial charge in [0.1, 0.15) is 18.1 Å². The largest absolute Gasteiger partial charge is 0.485 e. The summed E-state index contributed by atoms with van der Waals surface area (Å²) in [7, 11) is 0. The second kappa shape index (κ2) is 11.9. The fraction of sp³-hybridized carbons (Fsp3) is 0.300. The van der Waals surface area contributed by atoms with E-state index in [-0.39, 0.29) is 30.2 Å². The van der Waals surface area contributed by atoms with E-state index in [0.717, 1.165) is 11.6 Å². The van der Waals surface area contributed by atoms with Crippen LogP contribution in [-0.4, -0.2) is 43.5 Å². The molecule has 11 heteroatoms. The lowest BCUT2D eigenvalue weighted by molar-refractivity contribution is 0.0842. The van der Waals surface area contributed by atoms with E-state index in [4.69, 9.17) is 4.74 Å². The highest BCUT2D eigenvalue weighted by molar-refractivity contribution is 5.95. The van der Waals surface area contributed by atoms with E-state index in [1.807, 2.05) is 37.3 Å². The van der Waals surface area contributed by atoms with Gasteiger partial charge in [-0.1, -0.05) is 37.3 Å². The minimum atomic E-state index is -1.34. The number of rotatable bonds is 10. The fourth-order valence-electron chi connectivity index (χ4n) is 4.58. The van der Waals surface area contributed by atoms with E-state index in [9.17, 15) is 27.9 Å². The van der Waals surface area contributed by atoms with Crippen LogP contribution in [0.4, 0.5) is 18.0 Å². The summed E-state index contributed by atoms with van der Waals surface area (Å²) in [6.45, 7) is 6.60. The number of carbonyl (C=O) groups is 2. The Morgan fingerprint density at radius 3 is 2.44 bits per heavy atom. The number of hydrogen-bond donors (Lipinski definition) is 2. The Kier molecular flexibility index (Phi) is 8.55. The van der Waals surface area contributed by atoms with Crippen molar-refractivity contribution in [1.29, 1.82) is 0 Å². The first-order valence-electron chi connectivity index (χ1n) is 13.0. The van der Waals surface area contributed by atoms with E-state index in [1.165, 1.54) is 9.30 Å². The number of amides is 2. The number of halogens is 3. The van der Waals surface area contributed by atoms with Crippen molar-refractivity contribution in [2.45, 2.75) is 52.8 Å². The van der Waals surface area contributed by atoms with Gasteiger partial charge < -0.3 is 20.1 Å². The van der Waals surface area contributed by atoms with Gasteiger partial charge in [-0.25, -0.2) is 22.9 Å². The van der Waals surface area contributed by atoms with E-state index in [2.05, 4.69) is 10.3 Å². The van der Waals surface area contributed by atoms with Crippen molar-refractivity contribution in [3.05, 3.63) is 100 Å². The SMILES string of the molecule is CCC(C)(CN(Cc1ccccc1)C(=O)O)NC(=O)c1c(C)nc2c(OCc3c(F)ccc(F)c3F)cc(C)cn12. The number of nitrogens with zero attached hydrogens (tertiary/aromatic N) is 3. The van der Waals surface area contributed by atoms with Crippen LogP contribution >= 0.6 is 0 Å². The van der Waals surface area contributed by atoms with Gasteiger partial charge in [0.05, 0.1) is 16.8 Å². The Balaban J connectivity index is 1.60. The second-order valence-corrected chi connectivity index (χ2v) is 10.2. The maximum atomic E-state index is 14.2. The molecule has 0 saturated heterocycles. The molecule has 2 heterocycles. The number of carboxylic acid groups (broad SMARTS) is 1. The van der Waals surface area contributed by atoms with Crippen LogP contribution in [0, 0.1) is 31.3 Å². The van der Waals surface area contributed by atoms with Crippen molar-refractivity contribution in [1.82, 2.24) is 19.6 Å². The maximum Gasteiger partial charge on any atom is 0.407 e. The van der Waals surface area contributed by atoms with Crippen LogP contribution in [0.1, 0.15) is 53.1 Å². The van der Waals surface area contributed by atoms with Crippen LogP contribution in [0.2, 0.25) is 0 Å². The third-order valence-corrected chi connectivity index (χ3v) is 6.95. The van der Waals surface area contributed by atoms with Gasteiger partial charge in [-0.15, -0.1) is 0 Å². The molecule has 0 aliphatic carbocycles. The van der Waals surface area contributed by atoms with Crippen LogP contribution in [0.25, 0.3) is 5.65 Å². The average Bonchev–Trinajstić information content (AvgIpc) is 3.26. The summed E-state index contributed by atoms with van der Waals surface area (Å²) in [4.78, 5) is 31.4. The van der Waals surface area contributed by atoms with E-state index >= 15 is 0 Å². The molecule has 0 bridgehead atoms. The number of aryl methyl sites for hydroxylation is 2. The summed E-state index contributed by atoms with van der Waals surface area (Å²) in [5, 5.41) is 12.8. The average molecular weight is 569 g/mol. The Hall–Kier alpha value is -4.54. The molecule has 1 unspecified atom stereocenters. The molecule has 216 valence electrons. The minimum absolute atomic E-state index is 0.0351. The third kappa shape index (κ3) is 6.45. The second-order valence-electron chi connectivity index (χ2n) is 10.2. The molecule has 41 heavy (non-hydrogen) atoms. The van der Waals surface area contributed by atoms with Crippen LogP contribution in [-0.2, 0) is 13.2 Å². The summed E-state index contributed by atoms with van der Waals surface area (Å²) >= 11 is 0. The molecular formula is C30H31F3N4O4. The lowest BCUT2D eigenvalue weighted by Crippen LogP contribution is -2.54. The number of fused-ring (bicyclic) bond motifs is 1. The summed E-state index contributed by atoms with van der Waals surface area (Å²) in [6, 6.07) is 12.3. The number of imidazole rings is 1. The van der Waals surface area contributed by atoms with Gasteiger partial charge in [-0.3, -0.25) is 9.20 Å². The van der Waals surface area contributed by atoms with Crippen LogP contribution in [0.3, 0.4) is 0 Å². The first-order valence-corrected chi connectivity index (χ1v) is 13.0. The van der Waals surface area contributed by atoms with Crippen molar-refractivity contribution in [3.63, 3.8) is 0 Å². The first kappa shape index (κ1) is 29.4. The normalized spacial score (nSPS) is 12.7. The highest BCUT2D eigenvalue weighted by atomic mass is 19.2. The summed E-state index contributed by atoms with van der Waals surface area (Å²) < 4.78 is 49.2. The van der Waals surface area contributed by atoms with Crippen molar-refractivity contribution < 1.29 is 32.6 Å². The van der Waals surface area contributed by atoms with Crippen molar-refractivity contribution >= 4 is 17.6 Å². The molecule has 4 aromatic rings. The molecule has 8 nitrogen and oxygen atoms in total. The molecule has 0 aliphatic rings. The summed E-state index contributed by atoms with van der Waals surface area (Å²) in [5.41, 5.74) is 0.778. The van der Waals surface area contributed by atoms with E-state index < -0.39 is 47.2 Å². The molecule has 2 amide bonds. The van der Waals surface area contributed by atoms with Crippen molar-refractivity contribution in [2.75, 3.05) is 6.54 Å². The number of benzene rings is 2. The summed E-state index contributed by atoms with van der Waals surface area (Å²) in [5.74, 6) is -3.82. The standard InChI is InChI=1S/C30H31F3N4O4/c1-5-30(4,17-36(29(39)40)15-20-9-7-6-8-10-20)35-28(38)26-19(3)34-27-24(13-18(2)14-37(26)27)41-16-21-22(31)11-12-23(32)25(21)33/h6-14H,5,15-17H2,1-4H3,(H,35,38)(H,39,40). The van der Waals surface area contributed by atoms with E-state index in [0.29, 0.717) is 23.7 Å². The van der Waals surface area contributed by atoms with E-state index in [1.54, 1.807) is 33.0 Å². The fourth-order valence-corrected chi connectivity index (χ4v) is 4.58. The van der Waals surface area contributed by atoms with Gasteiger partial charge in [0.25, 0.3) is 5.91 Å². The molecule has 0 radical (unpaired) electrons. The van der Waals surface area contributed by atoms with Gasteiger partial charge in [-0.2, -0.15) is 0 Å². The molecule has 4 rings (SSSR count). The van der Waals surface area contributed by atoms with Crippen LogP contribution < -0.4 is 10.1 Å². The molecule has 1 atom stereocenters. The van der Waals surface area contributed by atoms with Crippen LogP contribution in [0.15, 0.2) is 54.7 Å². The highest BCUT2D eigenvalue weighted by Gasteiger charge is 2.32. The molecule has 0 spiro atoms. The van der Waals surface area contributed by atoms with Gasteiger partial charge >= 0.3 is 6.09 Å². The van der Waals surface area contributed by atoms with Gasteiger partial charge in [0, 0.05) is 19.3 Å². The molecule has 2 N–H and O–H groups in total. The molecule has 0 fully saturated rings. The maximum absolute atomic E-state index is 14.2. The Bertz CT molecular complexity index is 1590. The monoisotopic (exact) mass is 568 g/mol. The lowest BCUT2D eigenvalue weighted by Gasteiger charge is -2.34. The molecule has 2 aromatic carbocycles. The van der Waals surface area contributed by atoms with Gasteiger partial charge in [0.2, 0.25) is 0 Å². The zero-order chi connectivity index (χ0) is 29.9. The molecular weight excluding hydrogens is 537 g/mol. The molecule has 0 aliphatic heterocycles. The lowest BCUT2D eigenvalue weighted by atomic mass is 9.97. The van der Waals surface area contributed by atoms with Crippen LogP contribution in [0.5, 0.6) is 5.75 Å². The Morgan fingerprint density at radius 2 is 1.78 bits per heavy atom. The topological polar surface area (TPSA) is 96.2 Å². The van der Waals surface area contributed by atoms with Crippen molar-refractivity contribution in [3.8, 4) is 5.75 Å². The first-order chi connectivity index (χ1) is 19.4. The Labute approximate surface area is 235 Å². The highest BCUT2D eigenvalue weighted by Crippen LogP contribution is 2.27. The van der Waals surface area contributed by atoms with Crippen molar-refractivity contribution in [2.24, 2.45) is 0 Å². The predicted octanol–water partition coefficient (Wildman–Crippen LogP) is 6.03. The predicted molar refractivity (Wildman–Crippen MR) is 146 cm³/mol. The summed E-state index contributed by atoms with van der Waals surface area (Å²) in [6.07, 6.45) is 0.992. The van der Waals surface area contributed by atoms with Gasteiger partial charge in [0.15, 0.2) is 23.0 Å². The number of pyridine rings is 1. The quantitative estimate of drug-likeness (QED) is 0.228. The number of nitrogens with one attached hydrogen (secondary N) is 1. The molecule has 2 aromatic heterocycles.